The Kier molecular flexibility index (Phi) is 5.12. The van der Waals surface area contributed by atoms with Gasteiger partial charge >= 0.3 is 0 Å². The van der Waals surface area contributed by atoms with Crippen molar-refractivity contribution in [1.29, 1.82) is 0 Å². The van der Waals surface area contributed by atoms with Crippen molar-refractivity contribution >= 4 is 27.4 Å². The largest absolute Gasteiger partial charge is 0.311 e. The highest BCUT2D eigenvalue weighted by atomic mass is 32.2. The third-order valence-electron chi connectivity index (χ3n) is 4.53. The van der Waals surface area contributed by atoms with E-state index in [0.717, 1.165) is 0 Å². The van der Waals surface area contributed by atoms with E-state index in [1.807, 2.05) is 0 Å². The maximum atomic E-state index is 13.4. The highest BCUT2D eigenvalue weighted by Gasteiger charge is 2.35. The van der Waals surface area contributed by atoms with Crippen molar-refractivity contribution in [3.8, 4) is 0 Å². The molecule has 2 aromatic rings. The topological polar surface area (TPSA) is 83.6 Å². The molecule has 0 spiro atoms. The molecule has 8 heteroatoms. The number of aryl methyl sites for hydroxylation is 1. The number of rotatable bonds is 5. The number of sulfonamides is 1. The van der Waals surface area contributed by atoms with Crippen molar-refractivity contribution < 1.29 is 22.4 Å². The summed E-state index contributed by atoms with van der Waals surface area (Å²) in [5.74, 6) is -0.912. The smallest absolute Gasteiger partial charge is 0.245 e. The minimum atomic E-state index is -3.91. The Balaban J connectivity index is 1.76. The van der Waals surface area contributed by atoms with Crippen LogP contribution in [-0.2, 0) is 14.8 Å². The normalized spacial score (nSPS) is 17.4. The van der Waals surface area contributed by atoms with E-state index in [1.165, 1.54) is 48.2 Å². The molecule has 1 N–H and O–H groups in total. The Hall–Kier alpha value is -2.58. The molecule has 1 fully saturated rings. The zero-order valence-electron chi connectivity index (χ0n) is 14.9. The van der Waals surface area contributed by atoms with Gasteiger partial charge < -0.3 is 4.90 Å². The third-order valence-corrected chi connectivity index (χ3v) is 6.01. The molecule has 1 aliphatic rings. The van der Waals surface area contributed by atoms with Crippen molar-refractivity contribution in [2.45, 2.75) is 31.2 Å². The summed E-state index contributed by atoms with van der Waals surface area (Å²) >= 11 is 0. The van der Waals surface area contributed by atoms with Crippen LogP contribution >= 0.6 is 0 Å². The second-order valence-electron chi connectivity index (χ2n) is 6.47. The quantitative estimate of drug-likeness (QED) is 0.795. The van der Waals surface area contributed by atoms with Crippen molar-refractivity contribution in [2.75, 3.05) is 11.4 Å². The van der Waals surface area contributed by atoms with Crippen LogP contribution in [0.1, 0.15) is 29.3 Å². The number of nitrogens with one attached hydrogen (secondary N) is 1. The maximum Gasteiger partial charge on any atom is 0.245 e. The highest BCUT2D eigenvalue weighted by molar-refractivity contribution is 7.89. The van der Waals surface area contributed by atoms with Gasteiger partial charge in [-0.2, -0.15) is 4.72 Å². The van der Waals surface area contributed by atoms with Gasteiger partial charge in [0.1, 0.15) is 11.9 Å². The van der Waals surface area contributed by atoms with Crippen molar-refractivity contribution in [1.82, 2.24) is 4.72 Å². The summed E-state index contributed by atoms with van der Waals surface area (Å²) in [6.45, 7) is 3.33. The van der Waals surface area contributed by atoms with E-state index >= 15 is 0 Å². The number of nitrogens with zero attached hydrogens (tertiary/aromatic N) is 1. The van der Waals surface area contributed by atoms with E-state index in [9.17, 15) is 22.4 Å². The fraction of sp³-hybridized carbons (Fsp3) is 0.263. The number of amides is 1. The second kappa shape index (κ2) is 7.21. The minimum absolute atomic E-state index is 0.0172. The van der Waals surface area contributed by atoms with E-state index in [-0.39, 0.29) is 22.4 Å². The lowest BCUT2D eigenvalue weighted by Gasteiger charge is -2.18. The Bertz CT molecular complexity index is 1000. The molecule has 1 heterocycles. The monoisotopic (exact) mass is 390 g/mol. The number of benzene rings is 2. The average Bonchev–Trinajstić information content (AvgIpc) is 2.97. The molecular formula is C19H19FN2O4S. The molecule has 1 amide bonds. The van der Waals surface area contributed by atoms with Crippen LogP contribution in [0.4, 0.5) is 10.1 Å². The zero-order chi connectivity index (χ0) is 19.8. The van der Waals surface area contributed by atoms with E-state index < -0.39 is 16.1 Å². The van der Waals surface area contributed by atoms with Crippen LogP contribution in [0.3, 0.4) is 0 Å². The third kappa shape index (κ3) is 3.91. The van der Waals surface area contributed by atoms with Gasteiger partial charge in [0, 0.05) is 17.8 Å². The molecule has 3 rings (SSSR count). The summed E-state index contributed by atoms with van der Waals surface area (Å²) in [4.78, 5) is 25.3. The van der Waals surface area contributed by atoms with Crippen LogP contribution in [0.15, 0.2) is 47.4 Å². The van der Waals surface area contributed by atoms with E-state index in [4.69, 9.17) is 0 Å². The van der Waals surface area contributed by atoms with Crippen LogP contribution in [0.2, 0.25) is 0 Å². The molecule has 1 saturated heterocycles. The Morgan fingerprint density at radius 1 is 1.19 bits per heavy atom. The van der Waals surface area contributed by atoms with Gasteiger partial charge in [-0.3, -0.25) is 9.59 Å². The number of carbonyl (C=O) groups is 2. The SMILES string of the molecule is CC(=O)c1ccc(S(=O)(=O)NC2CCN(c3ccc(F)c(C)c3)C2=O)cc1. The number of halogens is 1. The molecule has 1 aliphatic heterocycles. The molecule has 0 radical (unpaired) electrons. The van der Waals surface area contributed by atoms with Crippen LogP contribution in [-0.4, -0.2) is 32.7 Å². The zero-order valence-corrected chi connectivity index (χ0v) is 15.7. The Labute approximate surface area is 157 Å². The first-order valence-electron chi connectivity index (χ1n) is 8.40. The number of ketones is 1. The first-order valence-corrected chi connectivity index (χ1v) is 9.88. The van der Waals surface area contributed by atoms with Crippen LogP contribution < -0.4 is 9.62 Å². The van der Waals surface area contributed by atoms with E-state index in [2.05, 4.69) is 4.72 Å². The van der Waals surface area contributed by atoms with Gasteiger partial charge in [-0.1, -0.05) is 12.1 Å². The van der Waals surface area contributed by atoms with Crippen molar-refractivity contribution in [2.24, 2.45) is 0 Å². The molecule has 142 valence electrons. The number of hydrogen-bond acceptors (Lipinski definition) is 4. The van der Waals surface area contributed by atoms with Crippen molar-refractivity contribution in [3.63, 3.8) is 0 Å². The van der Waals surface area contributed by atoms with Gasteiger partial charge in [0.25, 0.3) is 0 Å². The first-order chi connectivity index (χ1) is 12.7. The lowest BCUT2D eigenvalue weighted by molar-refractivity contribution is -0.118. The Morgan fingerprint density at radius 2 is 1.85 bits per heavy atom. The average molecular weight is 390 g/mol. The summed E-state index contributed by atoms with van der Waals surface area (Å²) in [5, 5.41) is 0. The predicted octanol–water partition coefficient (Wildman–Crippen LogP) is 2.42. The standard InChI is InChI=1S/C19H19FN2O4S/c1-12-11-15(5-8-17(12)20)22-10-9-18(19(22)24)21-27(25,26)16-6-3-14(4-7-16)13(2)23/h3-8,11,18,21H,9-10H2,1-2H3. The molecule has 1 unspecified atom stereocenters. The molecule has 1 atom stereocenters. The molecule has 0 saturated carbocycles. The van der Waals surface area contributed by atoms with Crippen LogP contribution in [0, 0.1) is 12.7 Å². The summed E-state index contributed by atoms with van der Waals surface area (Å²) in [5.41, 5.74) is 1.35. The molecule has 0 aliphatic carbocycles. The summed E-state index contributed by atoms with van der Waals surface area (Å²) in [7, 11) is -3.91. The molecule has 6 nitrogen and oxygen atoms in total. The first kappa shape index (κ1) is 19.2. The van der Waals surface area contributed by atoms with Crippen molar-refractivity contribution in [3.05, 3.63) is 59.4 Å². The van der Waals surface area contributed by atoms with E-state index in [1.54, 1.807) is 13.0 Å². The molecule has 0 bridgehead atoms. The van der Waals surface area contributed by atoms with Gasteiger partial charge in [-0.05, 0) is 56.2 Å². The number of hydrogen-bond donors (Lipinski definition) is 1. The Morgan fingerprint density at radius 3 is 2.44 bits per heavy atom. The summed E-state index contributed by atoms with van der Waals surface area (Å²) in [6, 6.07) is 8.97. The van der Waals surface area contributed by atoms with E-state index in [0.29, 0.717) is 29.8 Å². The highest BCUT2D eigenvalue weighted by Crippen LogP contribution is 2.24. The summed E-state index contributed by atoms with van der Waals surface area (Å²) < 4.78 is 40.9. The number of anilines is 1. The minimum Gasteiger partial charge on any atom is -0.311 e. The maximum absolute atomic E-state index is 13.4. The number of carbonyl (C=O) groups excluding carboxylic acids is 2. The lowest BCUT2D eigenvalue weighted by atomic mass is 10.2. The lowest BCUT2D eigenvalue weighted by Crippen LogP contribution is -2.41. The molecule has 27 heavy (non-hydrogen) atoms. The van der Waals surface area contributed by atoms with Gasteiger partial charge in [0.2, 0.25) is 15.9 Å². The number of Topliss-reactive ketones (excluding diaryl/α,β-unsaturated/α-hetero) is 1. The van der Waals surface area contributed by atoms with Gasteiger partial charge in [-0.15, -0.1) is 0 Å². The molecule has 0 aromatic heterocycles. The van der Waals surface area contributed by atoms with Gasteiger partial charge in [0.15, 0.2) is 5.78 Å². The fourth-order valence-electron chi connectivity index (χ4n) is 2.97. The van der Waals surface area contributed by atoms with Crippen LogP contribution in [0.25, 0.3) is 0 Å². The second-order valence-corrected chi connectivity index (χ2v) is 8.18. The fourth-order valence-corrected chi connectivity index (χ4v) is 4.19. The summed E-state index contributed by atoms with van der Waals surface area (Å²) in [6.07, 6.45) is 0.306. The van der Waals surface area contributed by atoms with Gasteiger partial charge in [0.05, 0.1) is 4.90 Å². The molecular weight excluding hydrogens is 371 g/mol. The van der Waals surface area contributed by atoms with Crippen LogP contribution in [0.5, 0.6) is 0 Å². The van der Waals surface area contributed by atoms with Gasteiger partial charge in [-0.25, -0.2) is 12.8 Å². The predicted molar refractivity (Wildman–Crippen MR) is 98.7 cm³/mol. The molecule has 2 aromatic carbocycles.